The SMILES string of the molecule is CCN1CCCC1CNC(=NC)NCCC(C)C.I. The molecule has 1 aliphatic heterocycles. The Kier molecular flexibility index (Phi) is 10.7. The van der Waals surface area contributed by atoms with Gasteiger partial charge in [0.25, 0.3) is 0 Å². The van der Waals surface area contributed by atoms with E-state index >= 15 is 0 Å². The number of nitrogens with one attached hydrogen (secondary N) is 2. The summed E-state index contributed by atoms with van der Waals surface area (Å²) in [6.07, 6.45) is 3.83. The second-order valence-electron chi connectivity index (χ2n) is 5.49. The van der Waals surface area contributed by atoms with Crippen LogP contribution >= 0.6 is 24.0 Å². The van der Waals surface area contributed by atoms with Crippen molar-refractivity contribution in [3.8, 4) is 0 Å². The van der Waals surface area contributed by atoms with Gasteiger partial charge in [-0.1, -0.05) is 20.8 Å². The molecule has 0 radical (unpaired) electrons. The van der Waals surface area contributed by atoms with Crippen LogP contribution in [-0.4, -0.2) is 50.1 Å². The van der Waals surface area contributed by atoms with E-state index in [0.717, 1.165) is 31.5 Å². The van der Waals surface area contributed by atoms with Crippen molar-refractivity contribution in [3.63, 3.8) is 0 Å². The van der Waals surface area contributed by atoms with Crippen LogP contribution in [0.4, 0.5) is 0 Å². The Morgan fingerprint density at radius 2 is 2.11 bits per heavy atom. The van der Waals surface area contributed by atoms with Crippen LogP contribution in [-0.2, 0) is 0 Å². The number of likely N-dealkylation sites (tertiary alicyclic amines) is 1. The number of guanidine groups is 1. The van der Waals surface area contributed by atoms with Gasteiger partial charge in [-0.15, -0.1) is 24.0 Å². The molecule has 0 aromatic rings. The molecule has 0 spiro atoms. The first kappa shape index (κ1) is 19.0. The average molecular weight is 382 g/mol. The molecule has 4 nitrogen and oxygen atoms in total. The van der Waals surface area contributed by atoms with E-state index in [4.69, 9.17) is 0 Å². The maximum atomic E-state index is 4.27. The molecule has 0 aliphatic carbocycles. The minimum atomic E-state index is 0. The monoisotopic (exact) mass is 382 g/mol. The molecule has 1 unspecified atom stereocenters. The maximum absolute atomic E-state index is 4.27. The number of hydrogen-bond donors (Lipinski definition) is 2. The molecular weight excluding hydrogens is 351 g/mol. The lowest BCUT2D eigenvalue weighted by Crippen LogP contribution is -2.45. The van der Waals surface area contributed by atoms with Crippen molar-refractivity contribution in [1.82, 2.24) is 15.5 Å². The molecule has 114 valence electrons. The van der Waals surface area contributed by atoms with Gasteiger partial charge < -0.3 is 10.6 Å². The minimum absolute atomic E-state index is 0. The van der Waals surface area contributed by atoms with Crippen LogP contribution in [0.3, 0.4) is 0 Å². The summed E-state index contributed by atoms with van der Waals surface area (Å²) >= 11 is 0. The molecule has 19 heavy (non-hydrogen) atoms. The molecule has 0 aromatic heterocycles. The summed E-state index contributed by atoms with van der Waals surface area (Å²) in [6.45, 7) is 11.2. The molecule has 1 aliphatic rings. The minimum Gasteiger partial charge on any atom is -0.356 e. The van der Waals surface area contributed by atoms with Gasteiger partial charge in [-0.05, 0) is 38.3 Å². The highest BCUT2D eigenvalue weighted by atomic mass is 127. The van der Waals surface area contributed by atoms with Gasteiger partial charge in [0, 0.05) is 26.2 Å². The molecule has 0 saturated carbocycles. The van der Waals surface area contributed by atoms with Crippen LogP contribution in [0.1, 0.15) is 40.0 Å². The van der Waals surface area contributed by atoms with Crippen molar-refractivity contribution in [2.45, 2.75) is 46.1 Å². The van der Waals surface area contributed by atoms with E-state index in [1.807, 2.05) is 7.05 Å². The van der Waals surface area contributed by atoms with Crippen LogP contribution in [0.5, 0.6) is 0 Å². The van der Waals surface area contributed by atoms with Crippen molar-refractivity contribution < 1.29 is 0 Å². The predicted octanol–water partition coefficient (Wildman–Crippen LogP) is 2.30. The van der Waals surface area contributed by atoms with Gasteiger partial charge in [0.15, 0.2) is 5.96 Å². The van der Waals surface area contributed by atoms with E-state index in [1.54, 1.807) is 0 Å². The molecule has 5 heteroatoms. The molecule has 0 bridgehead atoms. The zero-order valence-corrected chi connectivity index (χ0v) is 15.2. The zero-order chi connectivity index (χ0) is 13.4. The lowest BCUT2D eigenvalue weighted by molar-refractivity contribution is 0.267. The summed E-state index contributed by atoms with van der Waals surface area (Å²) in [6, 6.07) is 0.679. The van der Waals surface area contributed by atoms with Crippen LogP contribution in [0.15, 0.2) is 4.99 Å². The topological polar surface area (TPSA) is 39.7 Å². The highest BCUT2D eigenvalue weighted by molar-refractivity contribution is 14.0. The molecule has 0 aromatic carbocycles. The first-order valence-electron chi connectivity index (χ1n) is 7.36. The summed E-state index contributed by atoms with van der Waals surface area (Å²) in [5, 5.41) is 6.82. The summed E-state index contributed by atoms with van der Waals surface area (Å²) in [7, 11) is 1.84. The van der Waals surface area contributed by atoms with Crippen LogP contribution < -0.4 is 10.6 Å². The Morgan fingerprint density at radius 3 is 2.68 bits per heavy atom. The van der Waals surface area contributed by atoms with Crippen molar-refractivity contribution in [1.29, 1.82) is 0 Å². The molecular formula is C14H31IN4. The largest absolute Gasteiger partial charge is 0.356 e. The smallest absolute Gasteiger partial charge is 0.191 e. The lowest BCUT2D eigenvalue weighted by atomic mass is 10.1. The molecule has 1 saturated heterocycles. The third-order valence-electron chi connectivity index (χ3n) is 3.65. The van der Waals surface area contributed by atoms with Crippen molar-refractivity contribution in [2.75, 3.05) is 33.2 Å². The third kappa shape index (κ3) is 7.34. The quantitative estimate of drug-likeness (QED) is 0.421. The van der Waals surface area contributed by atoms with Gasteiger partial charge >= 0.3 is 0 Å². The molecule has 1 heterocycles. The zero-order valence-electron chi connectivity index (χ0n) is 12.9. The lowest BCUT2D eigenvalue weighted by Gasteiger charge is -2.24. The normalized spacial score (nSPS) is 20.5. The fourth-order valence-corrected chi connectivity index (χ4v) is 2.46. The first-order chi connectivity index (χ1) is 8.67. The Bertz CT molecular complexity index is 256. The summed E-state index contributed by atoms with van der Waals surface area (Å²) < 4.78 is 0. The second kappa shape index (κ2) is 10.7. The number of halogens is 1. The second-order valence-corrected chi connectivity index (χ2v) is 5.49. The van der Waals surface area contributed by atoms with Crippen LogP contribution in [0.2, 0.25) is 0 Å². The molecule has 1 rings (SSSR count). The summed E-state index contributed by atoms with van der Waals surface area (Å²) in [4.78, 5) is 6.82. The highest BCUT2D eigenvalue weighted by Gasteiger charge is 2.22. The Labute approximate surface area is 135 Å². The van der Waals surface area contributed by atoms with E-state index in [-0.39, 0.29) is 24.0 Å². The van der Waals surface area contributed by atoms with Crippen LogP contribution in [0.25, 0.3) is 0 Å². The van der Waals surface area contributed by atoms with Gasteiger partial charge in [0.05, 0.1) is 0 Å². The summed E-state index contributed by atoms with van der Waals surface area (Å²) in [5.74, 6) is 1.68. The number of likely N-dealkylation sites (N-methyl/N-ethyl adjacent to an activating group) is 1. The fourth-order valence-electron chi connectivity index (χ4n) is 2.46. The van der Waals surface area contributed by atoms with Gasteiger partial charge in [0.2, 0.25) is 0 Å². The Hall–Kier alpha value is -0.0400. The van der Waals surface area contributed by atoms with E-state index in [0.29, 0.717) is 6.04 Å². The van der Waals surface area contributed by atoms with Gasteiger partial charge in [-0.2, -0.15) is 0 Å². The van der Waals surface area contributed by atoms with Gasteiger partial charge in [-0.25, -0.2) is 0 Å². The van der Waals surface area contributed by atoms with Gasteiger partial charge in [-0.3, -0.25) is 9.89 Å². The molecule has 2 N–H and O–H groups in total. The number of nitrogens with zero attached hydrogens (tertiary/aromatic N) is 2. The third-order valence-corrected chi connectivity index (χ3v) is 3.65. The van der Waals surface area contributed by atoms with Crippen molar-refractivity contribution in [3.05, 3.63) is 0 Å². The molecule has 0 amide bonds. The number of hydrogen-bond acceptors (Lipinski definition) is 2. The van der Waals surface area contributed by atoms with E-state index in [2.05, 4.69) is 41.3 Å². The van der Waals surface area contributed by atoms with E-state index in [1.165, 1.54) is 25.8 Å². The predicted molar refractivity (Wildman–Crippen MR) is 94.5 cm³/mol. The fraction of sp³-hybridized carbons (Fsp3) is 0.929. The first-order valence-corrected chi connectivity index (χ1v) is 7.36. The van der Waals surface area contributed by atoms with Crippen molar-refractivity contribution in [2.24, 2.45) is 10.9 Å². The highest BCUT2D eigenvalue weighted by Crippen LogP contribution is 2.15. The van der Waals surface area contributed by atoms with Crippen LogP contribution in [0, 0.1) is 5.92 Å². The Morgan fingerprint density at radius 1 is 1.37 bits per heavy atom. The molecule has 1 fully saturated rings. The van der Waals surface area contributed by atoms with E-state index in [9.17, 15) is 0 Å². The Balaban J connectivity index is 0.00000324. The maximum Gasteiger partial charge on any atom is 0.191 e. The standard InChI is InChI=1S/C14H30N4.HI/c1-5-18-10-6-7-13(18)11-17-14(15-4)16-9-8-12(2)3;/h12-13H,5-11H2,1-4H3,(H2,15,16,17);1H. The molecule has 1 atom stereocenters. The van der Waals surface area contributed by atoms with Crippen molar-refractivity contribution >= 4 is 29.9 Å². The van der Waals surface area contributed by atoms with Gasteiger partial charge in [0.1, 0.15) is 0 Å². The number of rotatable bonds is 6. The summed E-state index contributed by atoms with van der Waals surface area (Å²) in [5.41, 5.74) is 0. The number of aliphatic imine (C=N–C) groups is 1. The average Bonchev–Trinajstić information content (AvgIpc) is 2.80. The van der Waals surface area contributed by atoms with E-state index < -0.39 is 0 Å².